The molecule has 0 spiro atoms. The SMILES string of the molecule is Cc1ccc(N2CC(CNc3nnc4ccccn34)C2)nn1. The topological polar surface area (TPSA) is 71.2 Å². The first-order valence-electron chi connectivity index (χ1n) is 7.38. The van der Waals surface area contributed by atoms with Gasteiger partial charge in [0.25, 0.3) is 0 Å². The Bertz CT molecular complexity index is 774. The van der Waals surface area contributed by atoms with E-state index in [4.69, 9.17) is 0 Å². The Morgan fingerprint density at radius 1 is 1.09 bits per heavy atom. The summed E-state index contributed by atoms with van der Waals surface area (Å²) >= 11 is 0. The number of nitrogens with one attached hydrogen (secondary N) is 1. The number of pyridine rings is 1. The molecule has 7 heteroatoms. The molecule has 4 heterocycles. The molecule has 0 aliphatic carbocycles. The molecule has 0 bridgehead atoms. The number of fused-ring (bicyclic) bond motifs is 1. The van der Waals surface area contributed by atoms with Crippen LogP contribution < -0.4 is 10.2 Å². The summed E-state index contributed by atoms with van der Waals surface area (Å²) in [6.07, 6.45) is 1.96. The van der Waals surface area contributed by atoms with Crippen LogP contribution in [0.4, 0.5) is 11.8 Å². The van der Waals surface area contributed by atoms with Gasteiger partial charge in [-0.3, -0.25) is 4.40 Å². The van der Waals surface area contributed by atoms with E-state index in [0.717, 1.165) is 42.7 Å². The highest BCUT2D eigenvalue weighted by molar-refractivity contribution is 5.45. The first-order valence-corrected chi connectivity index (χ1v) is 7.38. The van der Waals surface area contributed by atoms with Crippen molar-refractivity contribution in [2.75, 3.05) is 29.9 Å². The molecule has 1 aliphatic rings. The number of rotatable bonds is 4. The van der Waals surface area contributed by atoms with Gasteiger partial charge in [0.1, 0.15) is 0 Å². The third kappa shape index (κ3) is 2.34. The Balaban J connectivity index is 1.34. The van der Waals surface area contributed by atoms with Crippen LogP contribution in [0.25, 0.3) is 5.65 Å². The summed E-state index contributed by atoms with van der Waals surface area (Å²) < 4.78 is 1.96. The van der Waals surface area contributed by atoms with E-state index in [9.17, 15) is 0 Å². The van der Waals surface area contributed by atoms with Gasteiger partial charge in [0.05, 0.1) is 5.69 Å². The van der Waals surface area contributed by atoms with E-state index in [-0.39, 0.29) is 0 Å². The lowest BCUT2D eigenvalue weighted by molar-refractivity contribution is 0.424. The summed E-state index contributed by atoms with van der Waals surface area (Å²) in [4.78, 5) is 2.24. The van der Waals surface area contributed by atoms with Crippen molar-refractivity contribution in [2.24, 2.45) is 5.92 Å². The summed E-state index contributed by atoms with van der Waals surface area (Å²) in [5, 5.41) is 20.0. The fourth-order valence-electron chi connectivity index (χ4n) is 2.64. The number of aromatic nitrogens is 5. The molecular formula is C15H17N7. The van der Waals surface area contributed by atoms with E-state index in [1.807, 2.05) is 47.9 Å². The molecule has 0 saturated carbocycles. The molecular weight excluding hydrogens is 278 g/mol. The minimum atomic E-state index is 0.583. The predicted molar refractivity (Wildman–Crippen MR) is 83.9 cm³/mol. The van der Waals surface area contributed by atoms with Crippen LogP contribution in [0.5, 0.6) is 0 Å². The van der Waals surface area contributed by atoms with E-state index in [2.05, 4.69) is 30.6 Å². The summed E-state index contributed by atoms with van der Waals surface area (Å²) in [6.45, 7) is 4.80. The van der Waals surface area contributed by atoms with Crippen LogP contribution in [0.2, 0.25) is 0 Å². The van der Waals surface area contributed by atoms with E-state index >= 15 is 0 Å². The number of aryl methyl sites for hydroxylation is 1. The third-order valence-electron chi connectivity index (χ3n) is 3.93. The fraction of sp³-hybridized carbons (Fsp3) is 0.333. The molecule has 3 aromatic heterocycles. The molecule has 112 valence electrons. The second kappa shape index (κ2) is 5.25. The van der Waals surface area contributed by atoms with Crippen LogP contribution >= 0.6 is 0 Å². The van der Waals surface area contributed by atoms with Crippen LogP contribution in [0.15, 0.2) is 36.5 Å². The Morgan fingerprint density at radius 2 is 2.00 bits per heavy atom. The largest absolute Gasteiger partial charge is 0.354 e. The van der Waals surface area contributed by atoms with Crippen molar-refractivity contribution < 1.29 is 0 Å². The summed E-state index contributed by atoms with van der Waals surface area (Å²) in [5.41, 5.74) is 1.80. The normalized spacial score (nSPS) is 15.0. The van der Waals surface area contributed by atoms with Gasteiger partial charge in [0.15, 0.2) is 11.5 Å². The zero-order valence-corrected chi connectivity index (χ0v) is 12.3. The fourth-order valence-corrected chi connectivity index (χ4v) is 2.64. The molecule has 0 amide bonds. The monoisotopic (exact) mass is 295 g/mol. The van der Waals surface area contributed by atoms with E-state index < -0.39 is 0 Å². The minimum Gasteiger partial charge on any atom is -0.354 e. The van der Waals surface area contributed by atoms with Crippen LogP contribution in [-0.2, 0) is 0 Å². The van der Waals surface area contributed by atoms with Crippen LogP contribution in [0.3, 0.4) is 0 Å². The second-order valence-electron chi connectivity index (χ2n) is 5.64. The van der Waals surface area contributed by atoms with Gasteiger partial charge in [-0.15, -0.1) is 15.3 Å². The summed E-state index contributed by atoms with van der Waals surface area (Å²) in [5.74, 6) is 2.33. The molecule has 1 fully saturated rings. The van der Waals surface area contributed by atoms with Gasteiger partial charge in [0.2, 0.25) is 5.95 Å². The van der Waals surface area contributed by atoms with Gasteiger partial charge < -0.3 is 10.2 Å². The van der Waals surface area contributed by atoms with Crippen LogP contribution in [-0.4, -0.2) is 44.4 Å². The minimum absolute atomic E-state index is 0.583. The lowest BCUT2D eigenvalue weighted by atomic mass is 10.0. The van der Waals surface area contributed by atoms with Gasteiger partial charge in [-0.1, -0.05) is 6.07 Å². The van der Waals surface area contributed by atoms with Crippen LogP contribution in [0.1, 0.15) is 5.69 Å². The van der Waals surface area contributed by atoms with Crippen molar-refractivity contribution in [3.05, 3.63) is 42.2 Å². The van der Waals surface area contributed by atoms with Gasteiger partial charge in [-0.05, 0) is 31.2 Å². The molecule has 0 radical (unpaired) electrons. The molecule has 1 saturated heterocycles. The maximum atomic E-state index is 4.21. The molecule has 7 nitrogen and oxygen atoms in total. The third-order valence-corrected chi connectivity index (χ3v) is 3.93. The van der Waals surface area contributed by atoms with Crippen molar-refractivity contribution in [3.8, 4) is 0 Å². The number of hydrogen-bond donors (Lipinski definition) is 1. The lowest BCUT2D eigenvalue weighted by Gasteiger charge is -2.39. The van der Waals surface area contributed by atoms with Gasteiger partial charge in [-0.25, -0.2) is 0 Å². The molecule has 0 atom stereocenters. The van der Waals surface area contributed by atoms with Gasteiger partial charge in [-0.2, -0.15) is 5.10 Å². The molecule has 0 unspecified atom stereocenters. The quantitative estimate of drug-likeness (QED) is 0.784. The lowest BCUT2D eigenvalue weighted by Crippen LogP contribution is -2.50. The standard InChI is InChI=1S/C15H17N7/c1-11-5-6-13(18-17-11)21-9-12(10-21)8-16-15-20-19-14-4-2-3-7-22(14)15/h2-7,12H,8-10H2,1H3,(H,16,20). The van der Waals surface area contributed by atoms with Gasteiger partial charge in [0, 0.05) is 31.7 Å². The number of anilines is 2. The average molecular weight is 295 g/mol. The smallest absolute Gasteiger partial charge is 0.229 e. The van der Waals surface area contributed by atoms with Crippen molar-refractivity contribution in [1.82, 2.24) is 24.8 Å². The molecule has 3 aromatic rings. The molecule has 1 N–H and O–H groups in total. The molecule has 4 rings (SSSR count). The maximum Gasteiger partial charge on any atom is 0.229 e. The average Bonchev–Trinajstić information content (AvgIpc) is 2.91. The molecule has 22 heavy (non-hydrogen) atoms. The Morgan fingerprint density at radius 3 is 2.82 bits per heavy atom. The Hall–Kier alpha value is -2.70. The van der Waals surface area contributed by atoms with Crippen LogP contribution in [0, 0.1) is 12.8 Å². The summed E-state index contributed by atoms with van der Waals surface area (Å²) in [6, 6.07) is 9.90. The highest BCUT2D eigenvalue weighted by atomic mass is 15.3. The molecule has 0 aromatic carbocycles. The zero-order chi connectivity index (χ0) is 14.9. The zero-order valence-electron chi connectivity index (χ0n) is 12.3. The highest BCUT2D eigenvalue weighted by Crippen LogP contribution is 2.22. The first-order chi connectivity index (χ1) is 10.8. The number of hydrogen-bond acceptors (Lipinski definition) is 6. The van der Waals surface area contributed by atoms with Crippen molar-refractivity contribution in [3.63, 3.8) is 0 Å². The van der Waals surface area contributed by atoms with Crippen molar-refractivity contribution in [2.45, 2.75) is 6.92 Å². The van der Waals surface area contributed by atoms with E-state index in [0.29, 0.717) is 5.92 Å². The summed E-state index contributed by atoms with van der Waals surface area (Å²) in [7, 11) is 0. The number of nitrogens with zero attached hydrogens (tertiary/aromatic N) is 6. The highest BCUT2D eigenvalue weighted by Gasteiger charge is 2.28. The van der Waals surface area contributed by atoms with Crippen molar-refractivity contribution in [1.29, 1.82) is 0 Å². The maximum absolute atomic E-state index is 4.21. The molecule has 1 aliphatic heterocycles. The predicted octanol–water partition coefficient (Wildman–Crippen LogP) is 1.38. The Labute approximate surface area is 128 Å². The first kappa shape index (κ1) is 13.0. The van der Waals surface area contributed by atoms with E-state index in [1.54, 1.807) is 0 Å². The van der Waals surface area contributed by atoms with Gasteiger partial charge >= 0.3 is 0 Å². The second-order valence-corrected chi connectivity index (χ2v) is 5.64. The van der Waals surface area contributed by atoms with Crippen molar-refractivity contribution >= 4 is 17.4 Å². The Kier molecular flexibility index (Phi) is 3.10. The van der Waals surface area contributed by atoms with E-state index in [1.165, 1.54) is 0 Å².